The van der Waals surface area contributed by atoms with Gasteiger partial charge in [-0.3, -0.25) is 4.90 Å². The number of nitrogens with zero attached hydrogens (tertiary/aromatic N) is 4. The van der Waals surface area contributed by atoms with E-state index >= 15 is 0 Å². The number of benzene rings is 1. The van der Waals surface area contributed by atoms with E-state index in [0.717, 1.165) is 57.9 Å². The molecule has 1 aromatic carbocycles. The van der Waals surface area contributed by atoms with Gasteiger partial charge in [0.15, 0.2) is 0 Å². The zero-order chi connectivity index (χ0) is 17.3. The molecule has 3 heterocycles. The molecule has 25 heavy (non-hydrogen) atoms. The lowest BCUT2D eigenvalue weighted by Crippen LogP contribution is -2.36. The van der Waals surface area contributed by atoms with Crippen molar-refractivity contribution in [3.05, 3.63) is 47.5 Å². The largest absolute Gasteiger partial charge is 0.381 e. The molecule has 2 aliphatic heterocycles. The Bertz CT molecular complexity index is 703. The van der Waals surface area contributed by atoms with Crippen LogP contribution in [0, 0.1) is 5.41 Å². The van der Waals surface area contributed by atoms with Gasteiger partial charge in [0.25, 0.3) is 0 Å². The highest BCUT2D eigenvalue weighted by molar-refractivity contribution is 5.23. The van der Waals surface area contributed by atoms with Crippen LogP contribution in [0.2, 0.25) is 0 Å². The Morgan fingerprint density at radius 3 is 2.52 bits per heavy atom. The van der Waals surface area contributed by atoms with Gasteiger partial charge >= 0.3 is 0 Å². The van der Waals surface area contributed by atoms with Gasteiger partial charge in [0, 0.05) is 45.8 Å². The molecule has 1 aromatic heterocycles. The van der Waals surface area contributed by atoms with Gasteiger partial charge in [-0.1, -0.05) is 31.2 Å². The molecule has 5 heteroatoms. The molecule has 0 amide bonds. The van der Waals surface area contributed by atoms with E-state index in [-0.39, 0.29) is 5.41 Å². The lowest BCUT2D eigenvalue weighted by Gasteiger charge is -2.37. The van der Waals surface area contributed by atoms with Gasteiger partial charge < -0.3 is 9.30 Å². The minimum absolute atomic E-state index is 0.280. The van der Waals surface area contributed by atoms with Crippen molar-refractivity contribution in [1.82, 2.24) is 19.7 Å². The molecule has 0 radical (unpaired) electrons. The number of aryl methyl sites for hydroxylation is 2. The molecule has 2 aliphatic rings. The summed E-state index contributed by atoms with van der Waals surface area (Å²) >= 11 is 0. The predicted octanol–water partition coefficient (Wildman–Crippen LogP) is 2.77. The summed E-state index contributed by atoms with van der Waals surface area (Å²) in [5.41, 5.74) is 3.09. The third-order valence-electron chi connectivity index (χ3n) is 6.10. The van der Waals surface area contributed by atoms with E-state index in [2.05, 4.69) is 57.9 Å². The van der Waals surface area contributed by atoms with Crippen molar-refractivity contribution < 1.29 is 4.74 Å². The van der Waals surface area contributed by atoms with Crippen LogP contribution >= 0.6 is 0 Å². The summed E-state index contributed by atoms with van der Waals surface area (Å²) in [5, 5.41) is 8.59. The van der Waals surface area contributed by atoms with Gasteiger partial charge in [0.1, 0.15) is 12.2 Å². The summed E-state index contributed by atoms with van der Waals surface area (Å²) in [6.45, 7) is 7.14. The third-order valence-corrected chi connectivity index (χ3v) is 6.10. The highest BCUT2D eigenvalue weighted by Gasteiger charge is 2.49. The molecule has 0 aliphatic carbocycles. The predicted molar refractivity (Wildman–Crippen MR) is 97.3 cm³/mol. The Morgan fingerprint density at radius 1 is 1.16 bits per heavy atom. The van der Waals surface area contributed by atoms with Crippen molar-refractivity contribution in [2.24, 2.45) is 12.5 Å². The summed E-state index contributed by atoms with van der Waals surface area (Å²) in [4.78, 5) is 2.60. The van der Waals surface area contributed by atoms with Gasteiger partial charge in [0.05, 0.1) is 0 Å². The van der Waals surface area contributed by atoms with E-state index in [0.29, 0.717) is 5.92 Å². The van der Waals surface area contributed by atoms with Crippen molar-refractivity contribution in [2.75, 3.05) is 26.3 Å². The number of hydrogen-bond donors (Lipinski definition) is 0. The number of aromatic nitrogens is 3. The van der Waals surface area contributed by atoms with Gasteiger partial charge in [-0.2, -0.15) is 0 Å². The van der Waals surface area contributed by atoms with E-state index in [1.165, 1.54) is 11.1 Å². The van der Waals surface area contributed by atoms with E-state index in [4.69, 9.17) is 4.74 Å². The van der Waals surface area contributed by atoms with Crippen LogP contribution in [0.1, 0.15) is 42.6 Å². The quantitative estimate of drug-likeness (QED) is 0.858. The van der Waals surface area contributed by atoms with Gasteiger partial charge in [-0.25, -0.2) is 0 Å². The van der Waals surface area contributed by atoms with Crippen molar-refractivity contribution in [2.45, 2.75) is 38.6 Å². The monoisotopic (exact) mass is 340 g/mol. The Hall–Kier alpha value is -1.72. The first-order chi connectivity index (χ1) is 12.2. The smallest absolute Gasteiger partial charge is 0.137 e. The summed E-state index contributed by atoms with van der Waals surface area (Å²) in [7, 11) is 2.06. The number of ether oxygens (including phenoxy) is 1. The molecule has 134 valence electrons. The van der Waals surface area contributed by atoms with Gasteiger partial charge in [-0.15, -0.1) is 10.2 Å². The summed E-state index contributed by atoms with van der Waals surface area (Å²) in [6.07, 6.45) is 5.17. The topological polar surface area (TPSA) is 43.2 Å². The third kappa shape index (κ3) is 3.23. The molecule has 2 fully saturated rings. The molecule has 0 N–H and O–H groups in total. The molecule has 5 nitrogen and oxygen atoms in total. The van der Waals surface area contributed by atoms with Crippen LogP contribution < -0.4 is 0 Å². The van der Waals surface area contributed by atoms with Crippen LogP contribution in [0.4, 0.5) is 0 Å². The van der Waals surface area contributed by atoms with E-state index in [1.54, 1.807) is 0 Å². The fraction of sp³-hybridized carbons (Fsp3) is 0.600. The van der Waals surface area contributed by atoms with Crippen LogP contribution in [0.25, 0.3) is 0 Å². The lowest BCUT2D eigenvalue weighted by atomic mass is 9.72. The highest BCUT2D eigenvalue weighted by Crippen LogP contribution is 2.49. The Balaban J connectivity index is 1.55. The zero-order valence-corrected chi connectivity index (χ0v) is 15.3. The summed E-state index contributed by atoms with van der Waals surface area (Å²) in [5.74, 6) is 1.57. The Kier molecular flexibility index (Phi) is 4.61. The minimum atomic E-state index is 0.280. The average Bonchev–Trinajstić information content (AvgIpc) is 3.20. The SMILES string of the molecule is CCc1ccc(CN2CC(c3nncn3C)C3(CCOCC3)C2)cc1. The van der Waals surface area contributed by atoms with Crippen molar-refractivity contribution in [3.63, 3.8) is 0 Å². The molecule has 1 spiro atoms. The fourth-order valence-electron chi connectivity index (χ4n) is 4.58. The highest BCUT2D eigenvalue weighted by atomic mass is 16.5. The lowest BCUT2D eigenvalue weighted by molar-refractivity contribution is 0.0105. The molecule has 4 rings (SSSR count). The molecule has 1 atom stereocenters. The van der Waals surface area contributed by atoms with Crippen LogP contribution in [0.15, 0.2) is 30.6 Å². The minimum Gasteiger partial charge on any atom is -0.381 e. The van der Waals surface area contributed by atoms with Crippen LogP contribution in [0.3, 0.4) is 0 Å². The van der Waals surface area contributed by atoms with E-state index in [1.807, 2.05) is 6.33 Å². The number of hydrogen-bond acceptors (Lipinski definition) is 4. The Labute approximate surface area is 150 Å². The van der Waals surface area contributed by atoms with Gasteiger partial charge in [0.2, 0.25) is 0 Å². The fourth-order valence-corrected chi connectivity index (χ4v) is 4.58. The standard InChI is InChI=1S/C20H28N4O/c1-3-16-4-6-17(7-5-16)12-24-13-18(19-22-21-15-23(19)2)20(14-24)8-10-25-11-9-20/h4-7,15,18H,3,8-14H2,1-2H3. The maximum absolute atomic E-state index is 5.67. The van der Waals surface area contributed by atoms with Crippen LogP contribution in [-0.4, -0.2) is 46.0 Å². The first-order valence-corrected chi connectivity index (χ1v) is 9.42. The van der Waals surface area contributed by atoms with Crippen LogP contribution in [-0.2, 0) is 24.8 Å². The first-order valence-electron chi connectivity index (χ1n) is 9.42. The molecular formula is C20H28N4O. The van der Waals surface area contributed by atoms with Crippen molar-refractivity contribution in [1.29, 1.82) is 0 Å². The number of rotatable bonds is 4. The number of likely N-dealkylation sites (tertiary alicyclic amines) is 1. The van der Waals surface area contributed by atoms with Crippen LogP contribution in [0.5, 0.6) is 0 Å². The van der Waals surface area contributed by atoms with Crippen molar-refractivity contribution in [3.8, 4) is 0 Å². The normalized spacial score (nSPS) is 23.4. The first kappa shape index (κ1) is 16.7. The maximum Gasteiger partial charge on any atom is 0.137 e. The average molecular weight is 340 g/mol. The zero-order valence-electron chi connectivity index (χ0n) is 15.3. The Morgan fingerprint density at radius 2 is 1.88 bits per heavy atom. The molecular weight excluding hydrogens is 312 g/mol. The van der Waals surface area contributed by atoms with E-state index in [9.17, 15) is 0 Å². The second-order valence-corrected chi connectivity index (χ2v) is 7.67. The maximum atomic E-state index is 5.67. The summed E-state index contributed by atoms with van der Waals surface area (Å²) in [6, 6.07) is 9.09. The molecule has 2 aromatic rings. The second kappa shape index (κ2) is 6.89. The van der Waals surface area contributed by atoms with Gasteiger partial charge in [-0.05, 0) is 35.8 Å². The van der Waals surface area contributed by atoms with E-state index < -0.39 is 0 Å². The van der Waals surface area contributed by atoms with Crippen molar-refractivity contribution >= 4 is 0 Å². The molecule has 0 saturated carbocycles. The summed E-state index contributed by atoms with van der Waals surface area (Å²) < 4.78 is 7.77. The molecule has 1 unspecified atom stereocenters. The molecule has 2 saturated heterocycles. The second-order valence-electron chi connectivity index (χ2n) is 7.67. The molecule has 0 bridgehead atoms.